The Bertz CT molecular complexity index is 552. The van der Waals surface area contributed by atoms with Crippen LogP contribution in [-0.2, 0) is 5.41 Å². The molecule has 0 radical (unpaired) electrons. The Kier molecular flexibility index (Phi) is 2.34. The Hall–Kier alpha value is -1.45. The van der Waals surface area contributed by atoms with Crippen LogP contribution in [0.5, 0.6) is 0 Å². The zero-order valence-corrected chi connectivity index (χ0v) is 11.8. The molecular weight excluding hydrogens is 254 g/mol. The summed E-state index contributed by atoms with van der Waals surface area (Å²) < 4.78 is 5.49. The van der Waals surface area contributed by atoms with E-state index >= 15 is 0 Å². The van der Waals surface area contributed by atoms with Gasteiger partial charge in [0.1, 0.15) is 11.3 Å². The topological polar surface area (TPSA) is 76.5 Å². The van der Waals surface area contributed by atoms with E-state index in [1.807, 2.05) is 0 Å². The molecule has 108 valence electrons. The summed E-state index contributed by atoms with van der Waals surface area (Å²) in [6, 6.07) is 0. The summed E-state index contributed by atoms with van der Waals surface area (Å²) in [5.41, 5.74) is 7.21. The van der Waals surface area contributed by atoms with Crippen molar-refractivity contribution in [1.29, 1.82) is 0 Å². The molecule has 0 aromatic carbocycles. The van der Waals surface area contributed by atoms with Crippen molar-refractivity contribution in [3.63, 3.8) is 0 Å². The van der Waals surface area contributed by atoms with Crippen molar-refractivity contribution in [2.75, 3.05) is 5.73 Å². The SMILES string of the molecule is Cc1oc(N)c(C23CC4CC(CC(C4)C2)C3)c1C(=O)O. The number of anilines is 1. The van der Waals surface area contributed by atoms with Crippen molar-refractivity contribution in [3.8, 4) is 0 Å². The van der Waals surface area contributed by atoms with Crippen LogP contribution >= 0.6 is 0 Å². The second kappa shape index (κ2) is 3.80. The molecule has 0 aliphatic heterocycles. The van der Waals surface area contributed by atoms with Crippen LogP contribution in [-0.4, -0.2) is 11.1 Å². The lowest BCUT2D eigenvalue weighted by atomic mass is 9.48. The maximum atomic E-state index is 11.6. The van der Waals surface area contributed by atoms with Gasteiger partial charge in [-0.25, -0.2) is 4.79 Å². The number of rotatable bonds is 2. The molecule has 1 aromatic heterocycles. The molecule has 4 saturated carbocycles. The number of carbonyl (C=O) groups is 1. The number of nitrogen functional groups attached to an aromatic ring is 1. The first-order valence-corrected chi connectivity index (χ1v) is 7.61. The Morgan fingerprint density at radius 2 is 1.70 bits per heavy atom. The zero-order valence-electron chi connectivity index (χ0n) is 11.8. The van der Waals surface area contributed by atoms with Gasteiger partial charge in [0, 0.05) is 11.0 Å². The average molecular weight is 275 g/mol. The van der Waals surface area contributed by atoms with Crippen molar-refractivity contribution >= 4 is 11.9 Å². The third-order valence-electron chi connectivity index (χ3n) is 5.89. The van der Waals surface area contributed by atoms with Crippen LogP contribution in [0, 0.1) is 24.7 Å². The van der Waals surface area contributed by atoms with Gasteiger partial charge in [0.2, 0.25) is 0 Å². The van der Waals surface area contributed by atoms with Crippen LogP contribution in [0.3, 0.4) is 0 Å². The Morgan fingerprint density at radius 1 is 1.20 bits per heavy atom. The van der Waals surface area contributed by atoms with E-state index < -0.39 is 5.97 Å². The van der Waals surface area contributed by atoms with Crippen molar-refractivity contribution in [2.45, 2.75) is 50.9 Å². The predicted octanol–water partition coefficient (Wildman–Crippen LogP) is 3.34. The van der Waals surface area contributed by atoms with Crippen LogP contribution in [0.15, 0.2) is 4.42 Å². The van der Waals surface area contributed by atoms with Crippen LogP contribution in [0.2, 0.25) is 0 Å². The second-order valence-corrected chi connectivity index (χ2v) is 7.28. The largest absolute Gasteiger partial charge is 0.478 e. The molecule has 0 atom stereocenters. The molecule has 0 amide bonds. The van der Waals surface area contributed by atoms with Crippen molar-refractivity contribution < 1.29 is 14.3 Å². The van der Waals surface area contributed by atoms with Crippen molar-refractivity contribution in [1.82, 2.24) is 0 Å². The minimum atomic E-state index is -0.895. The molecule has 1 aromatic rings. The number of hydrogen-bond donors (Lipinski definition) is 2. The molecule has 4 fully saturated rings. The van der Waals surface area contributed by atoms with Crippen LogP contribution < -0.4 is 5.73 Å². The third kappa shape index (κ3) is 1.51. The Balaban J connectivity index is 1.87. The predicted molar refractivity (Wildman–Crippen MR) is 74.7 cm³/mol. The summed E-state index contributed by atoms with van der Waals surface area (Å²) in [5.74, 6) is 2.20. The standard InChI is InChI=1S/C16H21NO3/c1-8-12(15(18)19)13(14(17)20-8)16-5-9-2-10(6-16)4-11(3-9)7-16/h9-11H,2-7,17H2,1H3,(H,18,19). The first-order chi connectivity index (χ1) is 9.48. The number of aromatic carboxylic acids is 1. The number of furan rings is 1. The third-order valence-corrected chi connectivity index (χ3v) is 5.89. The van der Waals surface area contributed by atoms with Gasteiger partial charge in [-0.3, -0.25) is 0 Å². The Labute approximate surface area is 118 Å². The summed E-state index contributed by atoms with van der Waals surface area (Å²) >= 11 is 0. The van der Waals surface area contributed by atoms with Gasteiger partial charge in [0.25, 0.3) is 0 Å². The molecule has 4 aliphatic carbocycles. The number of carboxylic acid groups (broad SMARTS) is 1. The minimum absolute atomic E-state index is 0.0235. The average Bonchev–Trinajstić information content (AvgIpc) is 2.63. The molecule has 5 rings (SSSR count). The van der Waals surface area contributed by atoms with E-state index in [1.54, 1.807) is 6.92 Å². The zero-order chi connectivity index (χ0) is 14.1. The number of nitrogens with two attached hydrogens (primary N) is 1. The molecule has 1 heterocycles. The molecule has 3 N–H and O–H groups in total. The molecule has 0 spiro atoms. The van der Waals surface area contributed by atoms with E-state index in [0.717, 1.165) is 42.6 Å². The van der Waals surface area contributed by atoms with E-state index in [2.05, 4.69) is 0 Å². The second-order valence-electron chi connectivity index (χ2n) is 7.28. The summed E-state index contributed by atoms with van der Waals surface area (Å²) in [5, 5.41) is 9.55. The number of aryl methyl sites for hydroxylation is 1. The molecule has 0 unspecified atom stereocenters. The maximum absolute atomic E-state index is 11.6. The van der Waals surface area contributed by atoms with E-state index in [4.69, 9.17) is 10.2 Å². The normalized spacial score (nSPS) is 38.4. The van der Waals surface area contributed by atoms with Gasteiger partial charge in [-0.15, -0.1) is 0 Å². The van der Waals surface area contributed by atoms with Gasteiger partial charge >= 0.3 is 5.97 Å². The van der Waals surface area contributed by atoms with Gasteiger partial charge in [0.05, 0.1) is 0 Å². The van der Waals surface area contributed by atoms with Gasteiger partial charge in [-0.1, -0.05) is 0 Å². The van der Waals surface area contributed by atoms with E-state index in [-0.39, 0.29) is 5.41 Å². The van der Waals surface area contributed by atoms with Gasteiger partial charge in [0.15, 0.2) is 5.88 Å². The lowest BCUT2D eigenvalue weighted by molar-refractivity contribution is -0.00556. The van der Waals surface area contributed by atoms with Crippen LogP contribution in [0.1, 0.15) is 60.2 Å². The quantitative estimate of drug-likeness (QED) is 0.868. The molecular formula is C16H21NO3. The summed E-state index contributed by atoms with van der Waals surface area (Å²) in [6.45, 7) is 1.71. The minimum Gasteiger partial charge on any atom is -0.478 e. The summed E-state index contributed by atoms with van der Waals surface area (Å²) in [6.07, 6.45) is 7.29. The highest BCUT2D eigenvalue weighted by atomic mass is 16.4. The highest BCUT2D eigenvalue weighted by molar-refractivity contribution is 5.92. The van der Waals surface area contributed by atoms with Gasteiger partial charge in [-0.05, 0) is 63.2 Å². The lowest BCUT2D eigenvalue weighted by Crippen LogP contribution is -2.49. The monoisotopic (exact) mass is 275 g/mol. The van der Waals surface area contributed by atoms with E-state index in [9.17, 15) is 9.90 Å². The molecule has 0 saturated heterocycles. The fourth-order valence-electron chi connectivity index (χ4n) is 5.77. The highest BCUT2D eigenvalue weighted by Crippen LogP contribution is 2.62. The highest BCUT2D eigenvalue weighted by Gasteiger charge is 2.54. The number of hydrogen-bond acceptors (Lipinski definition) is 3. The molecule has 4 nitrogen and oxygen atoms in total. The van der Waals surface area contributed by atoms with Crippen molar-refractivity contribution in [3.05, 3.63) is 16.9 Å². The van der Waals surface area contributed by atoms with Gasteiger partial charge in [-0.2, -0.15) is 0 Å². The lowest BCUT2D eigenvalue weighted by Gasteiger charge is -2.56. The number of carboxylic acids is 1. The summed E-state index contributed by atoms with van der Waals surface area (Å²) in [4.78, 5) is 11.6. The van der Waals surface area contributed by atoms with E-state index in [0.29, 0.717) is 17.2 Å². The van der Waals surface area contributed by atoms with E-state index in [1.165, 1.54) is 19.3 Å². The molecule has 4 bridgehead atoms. The van der Waals surface area contributed by atoms with Crippen LogP contribution in [0.25, 0.3) is 0 Å². The van der Waals surface area contributed by atoms with Crippen LogP contribution in [0.4, 0.5) is 5.88 Å². The molecule has 4 heteroatoms. The van der Waals surface area contributed by atoms with Gasteiger partial charge < -0.3 is 15.3 Å². The smallest absolute Gasteiger partial charge is 0.339 e. The maximum Gasteiger partial charge on any atom is 0.339 e. The molecule has 20 heavy (non-hydrogen) atoms. The summed E-state index contributed by atoms with van der Waals surface area (Å²) in [7, 11) is 0. The van der Waals surface area contributed by atoms with Crippen molar-refractivity contribution in [2.24, 2.45) is 17.8 Å². The Morgan fingerprint density at radius 3 is 2.15 bits per heavy atom. The first kappa shape index (κ1) is 12.3. The molecule has 4 aliphatic rings. The first-order valence-electron chi connectivity index (χ1n) is 7.61. The fraction of sp³-hybridized carbons (Fsp3) is 0.688. The fourth-order valence-corrected chi connectivity index (χ4v) is 5.77.